The van der Waals surface area contributed by atoms with Crippen LogP contribution in [0.1, 0.15) is 30.7 Å². The van der Waals surface area contributed by atoms with Gasteiger partial charge in [0.15, 0.2) is 0 Å². The highest BCUT2D eigenvalue weighted by molar-refractivity contribution is 6.01. The number of anilines is 3. The van der Waals surface area contributed by atoms with Gasteiger partial charge in [-0.15, -0.1) is 0 Å². The lowest BCUT2D eigenvalue weighted by atomic mass is 10.1. The molecule has 2 atom stereocenters. The van der Waals surface area contributed by atoms with Crippen molar-refractivity contribution in [3.05, 3.63) is 65.9 Å². The number of para-hydroxylation sites is 1. The van der Waals surface area contributed by atoms with Gasteiger partial charge in [0.1, 0.15) is 6.23 Å². The number of carbonyl (C=O) groups is 1. The van der Waals surface area contributed by atoms with Crippen molar-refractivity contribution in [3.63, 3.8) is 0 Å². The highest BCUT2D eigenvalue weighted by Gasteiger charge is 2.25. The number of aromatic nitrogens is 2. The lowest BCUT2D eigenvalue weighted by Gasteiger charge is -2.18. The van der Waals surface area contributed by atoms with E-state index >= 15 is 0 Å². The summed E-state index contributed by atoms with van der Waals surface area (Å²) < 4.78 is 0. The van der Waals surface area contributed by atoms with Crippen molar-refractivity contribution >= 4 is 23.2 Å². The minimum Gasteiger partial charge on any atom is -0.374 e. The average Bonchev–Trinajstić information content (AvgIpc) is 3.32. The number of aliphatic hydroxyl groups is 1. The normalized spacial score (nSPS) is 18.7. The smallest absolute Gasteiger partial charge is 0.231 e. The number of fused-ring (bicyclic) bond motifs is 3. The van der Waals surface area contributed by atoms with Crippen molar-refractivity contribution in [3.8, 4) is 11.3 Å². The summed E-state index contributed by atoms with van der Waals surface area (Å²) in [6.07, 6.45) is 2.46. The van der Waals surface area contributed by atoms with E-state index in [9.17, 15) is 9.90 Å². The van der Waals surface area contributed by atoms with Crippen LogP contribution in [0.15, 0.2) is 54.7 Å². The molecule has 3 heterocycles. The number of aliphatic hydroxyl groups excluding tert-OH is 1. The number of benzene rings is 2. The largest absolute Gasteiger partial charge is 0.374 e. The second-order valence-electron chi connectivity index (χ2n) is 9.32. The molecule has 1 fully saturated rings. The Labute approximate surface area is 206 Å². The van der Waals surface area contributed by atoms with E-state index in [1.807, 2.05) is 48.5 Å². The van der Waals surface area contributed by atoms with Crippen LogP contribution in [0.2, 0.25) is 0 Å². The molecule has 0 bridgehead atoms. The Balaban J connectivity index is 1.27. The van der Waals surface area contributed by atoms with Gasteiger partial charge in [-0.2, -0.15) is 0 Å². The number of rotatable bonds is 7. The van der Waals surface area contributed by atoms with Crippen LogP contribution in [0.3, 0.4) is 0 Å². The molecule has 2 aliphatic heterocycles. The van der Waals surface area contributed by atoms with E-state index in [0.29, 0.717) is 11.9 Å². The third-order valence-corrected chi connectivity index (χ3v) is 7.00. The maximum absolute atomic E-state index is 12.6. The molecule has 1 amide bonds. The monoisotopic (exact) mass is 472 g/mol. The van der Waals surface area contributed by atoms with Gasteiger partial charge in [0.05, 0.1) is 17.8 Å². The zero-order chi connectivity index (χ0) is 24.4. The molecule has 2 unspecified atom stereocenters. The number of amides is 1. The van der Waals surface area contributed by atoms with Crippen LogP contribution >= 0.6 is 0 Å². The molecule has 0 saturated carbocycles. The molecular weight excluding hydrogens is 440 g/mol. The summed E-state index contributed by atoms with van der Waals surface area (Å²) in [6, 6.07) is 15.4. The Kier molecular flexibility index (Phi) is 6.77. The minimum absolute atomic E-state index is 0.0129. The molecule has 0 spiro atoms. The van der Waals surface area contributed by atoms with Gasteiger partial charge in [-0.25, -0.2) is 9.97 Å². The van der Waals surface area contributed by atoms with E-state index in [2.05, 4.69) is 27.4 Å². The molecule has 8 nitrogen and oxygen atoms in total. The predicted molar refractivity (Wildman–Crippen MR) is 137 cm³/mol. The summed E-state index contributed by atoms with van der Waals surface area (Å²) in [5.41, 5.74) is 4.97. The molecule has 182 valence electrons. The lowest BCUT2D eigenvalue weighted by molar-refractivity contribution is -0.117. The Morgan fingerprint density at radius 1 is 1.17 bits per heavy atom. The van der Waals surface area contributed by atoms with E-state index in [0.717, 1.165) is 59.9 Å². The lowest BCUT2D eigenvalue weighted by Crippen LogP contribution is -2.29. The fourth-order valence-electron chi connectivity index (χ4n) is 4.85. The van der Waals surface area contributed by atoms with Gasteiger partial charge in [-0.3, -0.25) is 10.1 Å². The molecule has 1 aromatic heterocycles. The third kappa shape index (κ3) is 5.05. The second-order valence-corrected chi connectivity index (χ2v) is 9.32. The Bertz CT molecular complexity index is 1200. The highest BCUT2D eigenvalue weighted by Crippen LogP contribution is 2.35. The van der Waals surface area contributed by atoms with E-state index in [4.69, 9.17) is 4.98 Å². The first-order valence-corrected chi connectivity index (χ1v) is 12.2. The van der Waals surface area contributed by atoms with Crippen molar-refractivity contribution in [2.45, 2.75) is 26.0 Å². The molecule has 35 heavy (non-hydrogen) atoms. The van der Waals surface area contributed by atoms with Crippen LogP contribution in [-0.4, -0.2) is 59.1 Å². The van der Waals surface area contributed by atoms with Gasteiger partial charge < -0.3 is 20.2 Å². The van der Waals surface area contributed by atoms with Crippen LogP contribution < -0.4 is 15.5 Å². The first-order valence-electron chi connectivity index (χ1n) is 12.2. The summed E-state index contributed by atoms with van der Waals surface area (Å²) in [7, 11) is 1.79. The first-order chi connectivity index (χ1) is 17.0. The van der Waals surface area contributed by atoms with Crippen LogP contribution in [0.5, 0.6) is 0 Å². The van der Waals surface area contributed by atoms with Gasteiger partial charge in [-0.05, 0) is 49.2 Å². The highest BCUT2D eigenvalue weighted by atomic mass is 16.3. The number of carbonyl (C=O) groups excluding carboxylic acids is 1. The SMILES string of the molecule is CCN1CCC(CNC(O)c2ccc(Nc3ncc4c(n3)-c3ccccc3N(C)C(=O)C4)cc2)C1. The summed E-state index contributed by atoms with van der Waals surface area (Å²) >= 11 is 0. The molecule has 3 N–H and O–H groups in total. The van der Waals surface area contributed by atoms with Gasteiger partial charge >= 0.3 is 0 Å². The fraction of sp³-hybridized carbons (Fsp3) is 0.370. The Hall–Kier alpha value is -3.33. The molecule has 8 heteroatoms. The van der Waals surface area contributed by atoms with E-state index in [1.165, 1.54) is 6.42 Å². The quantitative estimate of drug-likeness (QED) is 0.454. The summed E-state index contributed by atoms with van der Waals surface area (Å²) in [5.74, 6) is 1.05. The Morgan fingerprint density at radius 3 is 2.74 bits per heavy atom. The predicted octanol–water partition coefficient (Wildman–Crippen LogP) is 3.33. The second kappa shape index (κ2) is 10.1. The molecule has 2 aromatic carbocycles. The number of likely N-dealkylation sites (N-methyl/N-ethyl adjacent to an activating group) is 1. The van der Waals surface area contributed by atoms with Crippen LogP contribution in [0.4, 0.5) is 17.3 Å². The first kappa shape index (κ1) is 23.4. The van der Waals surface area contributed by atoms with Crippen LogP contribution in [-0.2, 0) is 11.2 Å². The topological polar surface area (TPSA) is 93.6 Å². The van der Waals surface area contributed by atoms with Crippen molar-refractivity contribution in [1.29, 1.82) is 0 Å². The molecule has 3 aromatic rings. The van der Waals surface area contributed by atoms with Crippen molar-refractivity contribution in [2.75, 3.05) is 43.4 Å². The molecule has 0 radical (unpaired) electrons. The minimum atomic E-state index is -0.700. The maximum atomic E-state index is 12.6. The van der Waals surface area contributed by atoms with E-state index < -0.39 is 6.23 Å². The summed E-state index contributed by atoms with van der Waals surface area (Å²) in [6.45, 7) is 6.32. The number of hydrogen-bond acceptors (Lipinski definition) is 7. The standard InChI is InChI=1S/C27H32N6O2/c1-3-33-13-12-18(17-33)15-28-26(35)19-8-10-21(11-9-19)30-27-29-16-20-14-24(34)32(2)23-7-5-4-6-22(23)25(20)31-27/h4-11,16,18,26,28,35H,3,12-15,17H2,1-2H3,(H,29,30,31). The summed E-state index contributed by atoms with van der Waals surface area (Å²) in [5, 5.41) is 17.1. The van der Waals surface area contributed by atoms with Gasteiger partial charge in [0, 0.05) is 43.1 Å². The van der Waals surface area contributed by atoms with Crippen molar-refractivity contribution in [2.24, 2.45) is 5.92 Å². The zero-order valence-corrected chi connectivity index (χ0v) is 20.2. The van der Waals surface area contributed by atoms with Gasteiger partial charge in [-0.1, -0.05) is 37.3 Å². The molecule has 2 aliphatic rings. The summed E-state index contributed by atoms with van der Waals surface area (Å²) in [4.78, 5) is 25.9. The number of nitrogens with one attached hydrogen (secondary N) is 2. The third-order valence-electron chi connectivity index (χ3n) is 7.00. The van der Waals surface area contributed by atoms with E-state index in [1.54, 1.807) is 18.1 Å². The molecule has 0 aliphatic carbocycles. The zero-order valence-electron chi connectivity index (χ0n) is 20.2. The number of nitrogens with zero attached hydrogens (tertiary/aromatic N) is 4. The Morgan fingerprint density at radius 2 is 1.97 bits per heavy atom. The van der Waals surface area contributed by atoms with E-state index in [-0.39, 0.29) is 12.3 Å². The number of likely N-dealkylation sites (tertiary alicyclic amines) is 1. The fourth-order valence-corrected chi connectivity index (χ4v) is 4.85. The molecule has 5 rings (SSSR count). The maximum Gasteiger partial charge on any atom is 0.231 e. The molecular formula is C27H32N6O2. The van der Waals surface area contributed by atoms with Crippen molar-refractivity contribution < 1.29 is 9.90 Å². The van der Waals surface area contributed by atoms with Gasteiger partial charge in [0.2, 0.25) is 11.9 Å². The van der Waals surface area contributed by atoms with Gasteiger partial charge in [0.25, 0.3) is 0 Å². The van der Waals surface area contributed by atoms with Crippen molar-refractivity contribution in [1.82, 2.24) is 20.2 Å². The average molecular weight is 473 g/mol. The van der Waals surface area contributed by atoms with Crippen LogP contribution in [0.25, 0.3) is 11.3 Å². The van der Waals surface area contributed by atoms with Crippen LogP contribution in [0, 0.1) is 5.92 Å². The molecule has 1 saturated heterocycles. The number of hydrogen-bond donors (Lipinski definition) is 3.